The summed E-state index contributed by atoms with van der Waals surface area (Å²) in [4.78, 5) is 3.94. The fourth-order valence-corrected chi connectivity index (χ4v) is 3.33. The van der Waals surface area contributed by atoms with E-state index in [9.17, 15) is 12.8 Å². The average molecular weight is 401 g/mol. The summed E-state index contributed by atoms with van der Waals surface area (Å²) >= 11 is 11.7. The summed E-state index contributed by atoms with van der Waals surface area (Å²) in [5, 5.41) is 4.71. The third-order valence-corrected chi connectivity index (χ3v) is 5.18. The van der Waals surface area contributed by atoms with Crippen molar-refractivity contribution in [2.75, 3.05) is 4.72 Å². The first-order valence-electron chi connectivity index (χ1n) is 6.95. The summed E-state index contributed by atoms with van der Waals surface area (Å²) in [6.45, 7) is 0.217. The van der Waals surface area contributed by atoms with Gasteiger partial charge in [0.2, 0.25) is 0 Å². The van der Waals surface area contributed by atoms with Gasteiger partial charge < -0.3 is 0 Å². The van der Waals surface area contributed by atoms with E-state index in [1.165, 1.54) is 53.5 Å². The van der Waals surface area contributed by atoms with E-state index in [1.54, 1.807) is 0 Å². The molecular weight excluding hydrogens is 390 g/mol. The quantitative estimate of drug-likeness (QED) is 0.709. The second-order valence-corrected chi connectivity index (χ2v) is 7.59. The monoisotopic (exact) mass is 400 g/mol. The van der Waals surface area contributed by atoms with Crippen LogP contribution in [0.4, 0.5) is 10.3 Å². The molecule has 10 heteroatoms. The van der Waals surface area contributed by atoms with Crippen LogP contribution in [-0.4, -0.2) is 23.2 Å². The maximum atomic E-state index is 13.1. The number of nitrogens with one attached hydrogen (secondary N) is 1. The van der Waals surface area contributed by atoms with Gasteiger partial charge in [-0.2, -0.15) is 4.98 Å². The Hall–Kier alpha value is -2.16. The largest absolute Gasteiger partial charge is 0.264 e. The molecule has 0 saturated carbocycles. The van der Waals surface area contributed by atoms with Gasteiger partial charge in [-0.3, -0.25) is 0 Å². The Morgan fingerprint density at radius 1 is 1.12 bits per heavy atom. The van der Waals surface area contributed by atoms with Crippen LogP contribution in [0.25, 0.3) is 0 Å². The van der Waals surface area contributed by atoms with Gasteiger partial charge in [0.25, 0.3) is 16.0 Å². The third kappa shape index (κ3) is 4.28. The Labute approximate surface area is 153 Å². The van der Waals surface area contributed by atoms with Crippen LogP contribution in [0.15, 0.2) is 53.7 Å². The van der Waals surface area contributed by atoms with E-state index in [2.05, 4.69) is 14.8 Å². The maximum absolute atomic E-state index is 13.1. The van der Waals surface area contributed by atoms with Crippen molar-refractivity contribution >= 4 is 39.2 Å². The van der Waals surface area contributed by atoms with Crippen LogP contribution in [0.1, 0.15) is 5.56 Å². The maximum Gasteiger partial charge on any atom is 0.264 e. The molecule has 6 nitrogen and oxygen atoms in total. The van der Waals surface area contributed by atoms with Gasteiger partial charge >= 0.3 is 0 Å². The number of sulfonamides is 1. The van der Waals surface area contributed by atoms with Crippen LogP contribution in [-0.2, 0) is 16.6 Å². The fourth-order valence-electron chi connectivity index (χ4n) is 2.03. The molecule has 1 heterocycles. The van der Waals surface area contributed by atoms with Crippen LogP contribution in [0.2, 0.25) is 10.0 Å². The number of aromatic nitrogens is 3. The highest BCUT2D eigenvalue weighted by atomic mass is 35.5. The molecule has 0 aliphatic heterocycles. The van der Waals surface area contributed by atoms with Gasteiger partial charge in [-0.25, -0.2) is 22.2 Å². The van der Waals surface area contributed by atoms with Gasteiger partial charge in [-0.1, -0.05) is 29.3 Å². The zero-order valence-electron chi connectivity index (χ0n) is 12.5. The van der Waals surface area contributed by atoms with E-state index < -0.39 is 15.8 Å². The summed E-state index contributed by atoms with van der Waals surface area (Å²) in [7, 11) is -3.83. The number of rotatable bonds is 5. The Balaban J connectivity index is 1.76. The normalized spacial score (nSPS) is 11.5. The molecule has 25 heavy (non-hydrogen) atoms. The van der Waals surface area contributed by atoms with Gasteiger partial charge in [0, 0.05) is 10.0 Å². The first-order valence-corrected chi connectivity index (χ1v) is 9.19. The lowest BCUT2D eigenvalue weighted by Crippen LogP contribution is -2.14. The second-order valence-electron chi connectivity index (χ2n) is 5.06. The Morgan fingerprint density at radius 3 is 2.52 bits per heavy atom. The minimum Gasteiger partial charge on any atom is -0.246 e. The average Bonchev–Trinajstić information content (AvgIpc) is 2.97. The van der Waals surface area contributed by atoms with E-state index in [0.29, 0.717) is 10.6 Å². The lowest BCUT2D eigenvalue weighted by molar-refractivity contribution is 0.600. The van der Waals surface area contributed by atoms with Crippen molar-refractivity contribution in [2.24, 2.45) is 0 Å². The number of hydrogen-bond donors (Lipinski definition) is 1. The molecule has 0 fully saturated rings. The molecule has 0 amide bonds. The number of halogens is 3. The van der Waals surface area contributed by atoms with E-state index in [0.717, 1.165) is 0 Å². The van der Waals surface area contributed by atoms with E-state index in [4.69, 9.17) is 23.2 Å². The molecular formula is C15H11Cl2FN4O2S. The van der Waals surface area contributed by atoms with Gasteiger partial charge in [-0.05, 0) is 42.0 Å². The molecule has 1 N–H and O–H groups in total. The highest BCUT2D eigenvalue weighted by Gasteiger charge is 2.16. The molecule has 0 atom stereocenters. The summed E-state index contributed by atoms with van der Waals surface area (Å²) in [6, 6.07) is 9.69. The van der Waals surface area contributed by atoms with Crippen molar-refractivity contribution in [3.63, 3.8) is 0 Å². The van der Waals surface area contributed by atoms with Gasteiger partial charge in [-0.15, -0.1) is 5.10 Å². The van der Waals surface area contributed by atoms with Crippen molar-refractivity contribution in [3.8, 4) is 0 Å². The minimum absolute atomic E-state index is 0.0369. The molecule has 0 spiro atoms. The second kappa shape index (κ2) is 6.99. The van der Waals surface area contributed by atoms with E-state index in [1.807, 2.05) is 0 Å². The van der Waals surface area contributed by atoms with Crippen LogP contribution < -0.4 is 4.72 Å². The molecule has 0 unspecified atom stereocenters. The van der Waals surface area contributed by atoms with Crippen molar-refractivity contribution in [1.29, 1.82) is 0 Å². The topological polar surface area (TPSA) is 76.9 Å². The Kier molecular flexibility index (Phi) is 4.94. The molecule has 3 aromatic rings. The zero-order chi connectivity index (χ0) is 18.0. The van der Waals surface area contributed by atoms with Gasteiger partial charge in [0.05, 0.1) is 11.4 Å². The smallest absolute Gasteiger partial charge is 0.246 e. The molecule has 0 aliphatic carbocycles. The highest BCUT2D eigenvalue weighted by Crippen LogP contribution is 2.19. The minimum atomic E-state index is -3.83. The van der Waals surface area contributed by atoms with Crippen molar-refractivity contribution < 1.29 is 12.8 Å². The zero-order valence-corrected chi connectivity index (χ0v) is 14.9. The summed E-state index contributed by atoms with van der Waals surface area (Å²) in [5.74, 6) is -0.531. The molecule has 0 radical (unpaired) electrons. The molecule has 2 aromatic carbocycles. The molecule has 0 saturated heterocycles. The van der Waals surface area contributed by atoms with Crippen molar-refractivity contribution in [1.82, 2.24) is 14.8 Å². The predicted octanol–water partition coefficient (Wildman–Crippen LogP) is 3.57. The molecule has 0 aliphatic rings. The Bertz CT molecular complexity index is 1010. The predicted molar refractivity (Wildman–Crippen MR) is 92.8 cm³/mol. The third-order valence-electron chi connectivity index (χ3n) is 3.23. The van der Waals surface area contributed by atoms with Crippen LogP contribution in [0, 0.1) is 5.82 Å². The number of anilines is 1. The molecule has 130 valence electrons. The lowest BCUT2D eigenvalue weighted by Gasteiger charge is -2.05. The van der Waals surface area contributed by atoms with Crippen LogP contribution in [0.3, 0.4) is 0 Å². The van der Waals surface area contributed by atoms with E-state index >= 15 is 0 Å². The SMILES string of the molecule is O=S(=O)(Nc1ncn(Cc2ccc(F)cc2Cl)n1)c1ccc(Cl)cc1. The fraction of sp³-hybridized carbons (Fsp3) is 0.0667. The van der Waals surface area contributed by atoms with Crippen LogP contribution >= 0.6 is 23.2 Å². The first kappa shape index (κ1) is 17.7. The first-order chi connectivity index (χ1) is 11.8. The molecule has 3 rings (SSSR count). The summed E-state index contributed by atoms with van der Waals surface area (Å²) in [5.41, 5.74) is 0.625. The van der Waals surface area contributed by atoms with Gasteiger partial charge in [0.15, 0.2) is 0 Å². The number of nitrogens with zero attached hydrogens (tertiary/aromatic N) is 3. The number of benzene rings is 2. The van der Waals surface area contributed by atoms with Gasteiger partial charge in [0.1, 0.15) is 12.1 Å². The summed E-state index contributed by atoms with van der Waals surface area (Å²) in [6.07, 6.45) is 1.35. The van der Waals surface area contributed by atoms with Crippen molar-refractivity contribution in [3.05, 3.63) is 70.2 Å². The standard InChI is InChI=1S/C15H11Cl2FN4O2S/c16-11-2-5-13(6-3-11)25(23,24)21-15-19-9-22(20-15)8-10-1-4-12(18)7-14(10)17/h1-7,9H,8H2,(H,20,21). The molecule has 1 aromatic heterocycles. The highest BCUT2D eigenvalue weighted by molar-refractivity contribution is 7.92. The number of hydrogen-bond acceptors (Lipinski definition) is 4. The van der Waals surface area contributed by atoms with Crippen LogP contribution in [0.5, 0.6) is 0 Å². The van der Waals surface area contributed by atoms with Crippen molar-refractivity contribution in [2.45, 2.75) is 11.4 Å². The molecule has 0 bridgehead atoms. The summed E-state index contributed by atoms with van der Waals surface area (Å²) < 4.78 is 41.3. The Morgan fingerprint density at radius 2 is 1.84 bits per heavy atom. The van der Waals surface area contributed by atoms with E-state index in [-0.39, 0.29) is 22.4 Å². The lowest BCUT2D eigenvalue weighted by atomic mass is 10.2.